The molecule has 0 saturated carbocycles. The molecule has 0 saturated heterocycles. The van der Waals surface area contributed by atoms with Crippen molar-refractivity contribution in [2.75, 3.05) is 5.32 Å². The third-order valence-corrected chi connectivity index (χ3v) is 3.58. The summed E-state index contributed by atoms with van der Waals surface area (Å²) in [4.78, 5) is 17.4. The van der Waals surface area contributed by atoms with Gasteiger partial charge < -0.3 is 0 Å². The zero-order valence-corrected chi connectivity index (χ0v) is 11.3. The number of hydrogen-bond donors (Lipinski definition) is 2. The van der Waals surface area contributed by atoms with Crippen LogP contribution in [0.4, 0.5) is 5.95 Å². The highest BCUT2D eigenvalue weighted by atomic mass is 32.1. The van der Waals surface area contributed by atoms with Gasteiger partial charge in [0.1, 0.15) is 0 Å². The summed E-state index contributed by atoms with van der Waals surface area (Å²) in [5.74, 6) is -0.136. The van der Waals surface area contributed by atoms with Crippen LogP contribution in [0.2, 0.25) is 0 Å². The minimum absolute atomic E-state index is 0.198. The smallest absolute Gasteiger partial charge is 0.287 e. The highest BCUT2D eigenvalue weighted by molar-refractivity contribution is 7.14. The first-order valence-electron chi connectivity index (χ1n) is 5.82. The van der Waals surface area contributed by atoms with Crippen molar-refractivity contribution in [2.24, 2.45) is 0 Å². The number of aromatic nitrogens is 5. The van der Waals surface area contributed by atoms with Crippen molar-refractivity contribution < 1.29 is 4.79 Å². The standard InChI is InChI=1S/C12H10N6OS/c1-7-9(8-5-3-2-4-6-8)13-11(20-7)10(19)14-12-15-17-18-16-12/h2-6H,1H3,(H2,14,15,16,17,18,19). The lowest BCUT2D eigenvalue weighted by molar-refractivity contribution is 0.102. The van der Waals surface area contributed by atoms with Crippen LogP contribution in [0.15, 0.2) is 30.3 Å². The Balaban J connectivity index is 1.87. The molecule has 8 heteroatoms. The molecule has 0 bridgehead atoms. The number of carbonyl (C=O) groups is 1. The Bertz CT molecular complexity index is 722. The molecule has 0 atom stereocenters. The molecule has 0 unspecified atom stereocenters. The van der Waals surface area contributed by atoms with Crippen LogP contribution in [0, 0.1) is 6.92 Å². The number of hydrogen-bond acceptors (Lipinski definition) is 6. The Morgan fingerprint density at radius 1 is 1.30 bits per heavy atom. The second-order valence-corrected chi connectivity index (χ2v) is 5.20. The van der Waals surface area contributed by atoms with E-state index in [2.05, 4.69) is 30.9 Å². The minimum Gasteiger partial charge on any atom is -0.287 e. The van der Waals surface area contributed by atoms with E-state index < -0.39 is 0 Å². The monoisotopic (exact) mass is 286 g/mol. The average molecular weight is 286 g/mol. The van der Waals surface area contributed by atoms with Gasteiger partial charge >= 0.3 is 0 Å². The van der Waals surface area contributed by atoms with Crippen molar-refractivity contribution in [3.05, 3.63) is 40.2 Å². The van der Waals surface area contributed by atoms with Crippen molar-refractivity contribution in [3.8, 4) is 11.3 Å². The Morgan fingerprint density at radius 3 is 2.80 bits per heavy atom. The number of anilines is 1. The number of thiazole rings is 1. The normalized spacial score (nSPS) is 10.4. The molecule has 0 spiro atoms. The molecular weight excluding hydrogens is 276 g/mol. The van der Waals surface area contributed by atoms with Crippen molar-refractivity contribution >= 4 is 23.2 Å². The van der Waals surface area contributed by atoms with Crippen molar-refractivity contribution in [3.63, 3.8) is 0 Å². The first-order valence-corrected chi connectivity index (χ1v) is 6.63. The van der Waals surface area contributed by atoms with Crippen LogP contribution in [-0.2, 0) is 0 Å². The van der Waals surface area contributed by atoms with Gasteiger partial charge in [0, 0.05) is 10.4 Å². The third kappa shape index (κ3) is 2.41. The van der Waals surface area contributed by atoms with Crippen LogP contribution in [-0.4, -0.2) is 31.5 Å². The molecule has 0 aliphatic rings. The quantitative estimate of drug-likeness (QED) is 0.766. The van der Waals surface area contributed by atoms with Gasteiger partial charge in [0.25, 0.3) is 5.91 Å². The van der Waals surface area contributed by atoms with Gasteiger partial charge in [-0.3, -0.25) is 10.1 Å². The largest absolute Gasteiger partial charge is 0.287 e. The molecule has 0 radical (unpaired) electrons. The summed E-state index contributed by atoms with van der Waals surface area (Å²) in [6.07, 6.45) is 0. The van der Waals surface area contributed by atoms with Gasteiger partial charge in [-0.05, 0) is 17.4 Å². The molecule has 2 heterocycles. The number of tetrazole rings is 1. The summed E-state index contributed by atoms with van der Waals surface area (Å²) in [6.45, 7) is 1.94. The first-order chi connectivity index (χ1) is 9.74. The number of aryl methyl sites for hydroxylation is 1. The van der Waals surface area contributed by atoms with Gasteiger partial charge in [0.15, 0.2) is 5.01 Å². The highest BCUT2D eigenvalue weighted by Crippen LogP contribution is 2.27. The Kier molecular flexibility index (Phi) is 3.21. The van der Waals surface area contributed by atoms with E-state index in [-0.39, 0.29) is 11.9 Å². The molecule has 1 amide bonds. The fourth-order valence-electron chi connectivity index (χ4n) is 1.73. The van der Waals surface area contributed by atoms with Crippen LogP contribution >= 0.6 is 11.3 Å². The number of nitrogens with zero attached hydrogens (tertiary/aromatic N) is 4. The molecular formula is C12H10N6OS. The molecule has 0 aliphatic heterocycles. The van der Waals surface area contributed by atoms with Crippen LogP contribution in [0.25, 0.3) is 11.3 Å². The molecule has 0 aliphatic carbocycles. The number of amides is 1. The third-order valence-electron chi connectivity index (χ3n) is 2.62. The van der Waals surface area contributed by atoms with E-state index in [0.717, 1.165) is 16.1 Å². The zero-order chi connectivity index (χ0) is 13.9. The zero-order valence-electron chi connectivity index (χ0n) is 10.5. The molecule has 100 valence electrons. The van der Waals surface area contributed by atoms with Crippen molar-refractivity contribution in [1.29, 1.82) is 0 Å². The lowest BCUT2D eigenvalue weighted by Crippen LogP contribution is -2.12. The fourth-order valence-corrected chi connectivity index (χ4v) is 2.56. The molecule has 20 heavy (non-hydrogen) atoms. The van der Waals surface area contributed by atoms with Crippen LogP contribution in [0.3, 0.4) is 0 Å². The Morgan fingerprint density at radius 2 is 2.10 bits per heavy atom. The SMILES string of the molecule is Cc1sc(C(=O)Nc2nnn[nH]2)nc1-c1ccccc1. The number of H-pyrrole nitrogens is 1. The number of rotatable bonds is 3. The van der Waals surface area contributed by atoms with Gasteiger partial charge in [-0.1, -0.05) is 35.4 Å². The summed E-state index contributed by atoms with van der Waals surface area (Å²) in [5.41, 5.74) is 1.80. The molecule has 3 rings (SSSR count). The number of aromatic amines is 1. The van der Waals surface area contributed by atoms with Gasteiger partial charge in [-0.25, -0.2) is 10.1 Å². The summed E-state index contributed by atoms with van der Waals surface area (Å²) in [6, 6.07) is 9.74. The Hall–Kier alpha value is -2.61. The first kappa shape index (κ1) is 12.4. The molecule has 2 N–H and O–H groups in total. The molecule has 2 aromatic heterocycles. The van der Waals surface area contributed by atoms with Crippen molar-refractivity contribution in [1.82, 2.24) is 25.6 Å². The highest BCUT2D eigenvalue weighted by Gasteiger charge is 2.16. The van der Waals surface area contributed by atoms with E-state index >= 15 is 0 Å². The summed E-state index contributed by atoms with van der Waals surface area (Å²) < 4.78 is 0. The lowest BCUT2D eigenvalue weighted by atomic mass is 10.1. The minimum atomic E-state index is -0.334. The van der Waals surface area contributed by atoms with E-state index in [4.69, 9.17) is 0 Å². The summed E-state index contributed by atoms with van der Waals surface area (Å²) in [5, 5.41) is 15.8. The molecule has 0 fully saturated rings. The van der Waals surface area contributed by atoms with Crippen LogP contribution < -0.4 is 5.32 Å². The maximum absolute atomic E-state index is 12.0. The summed E-state index contributed by atoms with van der Waals surface area (Å²) >= 11 is 1.33. The maximum Gasteiger partial charge on any atom is 0.287 e. The lowest BCUT2D eigenvalue weighted by Gasteiger charge is -1.97. The van der Waals surface area contributed by atoms with Gasteiger partial charge in [0.05, 0.1) is 5.69 Å². The second-order valence-electron chi connectivity index (χ2n) is 3.99. The van der Waals surface area contributed by atoms with Gasteiger partial charge in [-0.2, -0.15) is 0 Å². The molecule has 3 aromatic rings. The van der Waals surface area contributed by atoms with E-state index in [1.165, 1.54) is 11.3 Å². The van der Waals surface area contributed by atoms with Crippen molar-refractivity contribution in [2.45, 2.75) is 6.92 Å². The average Bonchev–Trinajstić information content (AvgIpc) is 3.09. The number of nitrogens with one attached hydrogen (secondary N) is 2. The Labute approximate surface area is 118 Å². The predicted octanol–water partition coefficient (Wildman–Crippen LogP) is 1.88. The van der Waals surface area contributed by atoms with Gasteiger partial charge in [0.2, 0.25) is 5.95 Å². The maximum atomic E-state index is 12.0. The topological polar surface area (TPSA) is 96.5 Å². The fraction of sp³-hybridized carbons (Fsp3) is 0.0833. The summed E-state index contributed by atoms with van der Waals surface area (Å²) in [7, 11) is 0. The second kappa shape index (κ2) is 5.17. The van der Waals surface area contributed by atoms with Gasteiger partial charge in [-0.15, -0.1) is 11.3 Å². The molecule has 1 aromatic carbocycles. The van der Waals surface area contributed by atoms with E-state index in [1.807, 2.05) is 37.3 Å². The number of benzene rings is 1. The predicted molar refractivity (Wildman–Crippen MR) is 74.4 cm³/mol. The van der Waals surface area contributed by atoms with E-state index in [9.17, 15) is 4.79 Å². The van der Waals surface area contributed by atoms with Crippen LogP contribution in [0.1, 0.15) is 14.7 Å². The van der Waals surface area contributed by atoms with E-state index in [1.54, 1.807) is 0 Å². The van der Waals surface area contributed by atoms with E-state index in [0.29, 0.717) is 5.01 Å². The number of carbonyl (C=O) groups excluding carboxylic acids is 1. The van der Waals surface area contributed by atoms with Crippen LogP contribution in [0.5, 0.6) is 0 Å². The molecule has 7 nitrogen and oxygen atoms in total.